The number of fused-ring (bicyclic) bond motifs is 1. The molecule has 1 amide bonds. The molecule has 2 aromatic carbocycles. The van der Waals surface area contributed by atoms with Crippen molar-refractivity contribution in [3.05, 3.63) is 63.7 Å². The average molecular weight is 320 g/mol. The molecule has 3 rings (SSSR count). The van der Waals surface area contributed by atoms with E-state index in [0.29, 0.717) is 17.9 Å². The molecule has 0 radical (unpaired) electrons. The van der Waals surface area contributed by atoms with Crippen LogP contribution < -0.4 is 5.32 Å². The van der Waals surface area contributed by atoms with Gasteiger partial charge in [0.2, 0.25) is 5.91 Å². The van der Waals surface area contributed by atoms with Crippen molar-refractivity contribution in [2.75, 3.05) is 5.32 Å². The van der Waals surface area contributed by atoms with Gasteiger partial charge in [-0.05, 0) is 36.1 Å². The van der Waals surface area contributed by atoms with Gasteiger partial charge in [0.1, 0.15) is 0 Å². The van der Waals surface area contributed by atoms with Gasteiger partial charge in [0.25, 0.3) is 0 Å². The highest BCUT2D eigenvalue weighted by Gasteiger charge is 2.22. The molecule has 0 bridgehead atoms. The lowest BCUT2D eigenvalue weighted by Gasteiger charge is -2.14. The van der Waals surface area contributed by atoms with Gasteiger partial charge in [0.05, 0.1) is 11.8 Å². The minimum Gasteiger partial charge on any atom is -0.325 e. The van der Waals surface area contributed by atoms with Crippen LogP contribution in [0.3, 0.4) is 0 Å². The summed E-state index contributed by atoms with van der Waals surface area (Å²) in [6.45, 7) is 2.06. The summed E-state index contributed by atoms with van der Waals surface area (Å²) in [6.07, 6.45) is 1.11. The van der Waals surface area contributed by atoms with Gasteiger partial charge in [-0.25, -0.2) is 0 Å². The monoisotopic (exact) mass is 319 g/mol. The average Bonchev–Trinajstić information content (AvgIpc) is 2.79. The number of rotatable bonds is 3. The second kappa shape index (κ2) is 5.70. The lowest BCUT2D eigenvalue weighted by molar-refractivity contribution is -0.115. The Morgan fingerprint density at radius 1 is 1.24 bits per heavy atom. The maximum atomic E-state index is 11.4. The molecule has 0 saturated heterocycles. The Morgan fingerprint density at radius 3 is 2.67 bits per heavy atom. The maximum absolute atomic E-state index is 11.4. The second-order valence-electron chi connectivity index (χ2n) is 5.41. The number of benzene rings is 2. The van der Waals surface area contributed by atoms with E-state index in [4.69, 9.17) is 23.2 Å². The lowest BCUT2D eigenvalue weighted by atomic mass is 10.0. The minimum atomic E-state index is -0.207. The fraction of sp³-hybridized carbons (Fsp3) is 0.235. The second-order valence-corrected chi connectivity index (χ2v) is 6.35. The van der Waals surface area contributed by atoms with Crippen molar-refractivity contribution in [1.82, 2.24) is 0 Å². The number of aryl methyl sites for hydroxylation is 1. The van der Waals surface area contributed by atoms with Crippen molar-refractivity contribution < 1.29 is 4.79 Å². The number of amides is 1. The number of carbonyl (C=O) groups is 1. The van der Waals surface area contributed by atoms with Crippen molar-refractivity contribution in [2.24, 2.45) is 0 Å². The number of hydrogen-bond donors (Lipinski definition) is 1. The molecule has 4 heteroatoms. The van der Waals surface area contributed by atoms with Crippen molar-refractivity contribution in [1.29, 1.82) is 0 Å². The van der Waals surface area contributed by atoms with Crippen LogP contribution in [-0.4, -0.2) is 5.91 Å². The van der Waals surface area contributed by atoms with Crippen molar-refractivity contribution >= 4 is 34.8 Å². The summed E-state index contributed by atoms with van der Waals surface area (Å²) in [5.74, 6) is 0.00266. The van der Waals surface area contributed by atoms with E-state index in [0.717, 1.165) is 16.8 Å². The van der Waals surface area contributed by atoms with E-state index in [1.54, 1.807) is 6.07 Å². The summed E-state index contributed by atoms with van der Waals surface area (Å²) in [4.78, 5) is 11.4. The standard InChI is InChI=1S/C17H15Cl2NO/c1-10-2-4-11(5-3-10)6-14(18)13-7-12-8-17(21)20-16(12)9-15(13)19/h2-5,7,9,14H,6,8H2,1H3,(H,20,21). The largest absolute Gasteiger partial charge is 0.325 e. The molecule has 1 atom stereocenters. The van der Waals surface area contributed by atoms with Crippen LogP contribution in [0.2, 0.25) is 5.02 Å². The van der Waals surface area contributed by atoms with Crippen molar-refractivity contribution in [3.8, 4) is 0 Å². The number of carbonyl (C=O) groups excluding carboxylic acids is 1. The van der Waals surface area contributed by atoms with Gasteiger partial charge in [-0.1, -0.05) is 47.5 Å². The topological polar surface area (TPSA) is 29.1 Å². The first-order valence-corrected chi connectivity index (χ1v) is 7.66. The van der Waals surface area contributed by atoms with Gasteiger partial charge in [-0.15, -0.1) is 11.6 Å². The highest BCUT2D eigenvalue weighted by molar-refractivity contribution is 6.33. The quantitative estimate of drug-likeness (QED) is 0.819. The third-order valence-electron chi connectivity index (χ3n) is 3.72. The van der Waals surface area contributed by atoms with Crippen molar-refractivity contribution in [3.63, 3.8) is 0 Å². The van der Waals surface area contributed by atoms with Gasteiger partial charge < -0.3 is 5.32 Å². The van der Waals surface area contributed by atoms with E-state index in [2.05, 4.69) is 36.5 Å². The Kier molecular flexibility index (Phi) is 3.92. The normalized spacial score (nSPS) is 14.7. The molecule has 1 aliphatic heterocycles. The molecule has 1 unspecified atom stereocenters. The zero-order valence-electron chi connectivity index (χ0n) is 11.6. The van der Waals surface area contributed by atoms with Gasteiger partial charge in [0, 0.05) is 10.7 Å². The SMILES string of the molecule is Cc1ccc(CC(Cl)c2cc3c(cc2Cl)NC(=O)C3)cc1. The molecule has 108 valence electrons. The molecule has 0 saturated carbocycles. The first kappa shape index (κ1) is 14.4. The predicted octanol–water partition coefficient (Wildman–Crippen LogP) is 4.67. The van der Waals surface area contributed by atoms with E-state index in [1.807, 2.05) is 6.07 Å². The molecule has 2 nitrogen and oxygen atoms in total. The molecule has 21 heavy (non-hydrogen) atoms. The van der Waals surface area contributed by atoms with E-state index >= 15 is 0 Å². The van der Waals surface area contributed by atoms with Crippen LogP contribution in [0, 0.1) is 6.92 Å². The maximum Gasteiger partial charge on any atom is 0.228 e. The minimum absolute atomic E-state index is 0.00266. The zero-order chi connectivity index (χ0) is 15.0. The van der Waals surface area contributed by atoms with E-state index < -0.39 is 0 Å². The lowest BCUT2D eigenvalue weighted by Crippen LogP contribution is -2.03. The Morgan fingerprint density at radius 2 is 1.95 bits per heavy atom. The fourth-order valence-corrected chi connectivity index (χ4v) is 3.26. The van der Waals surface area contributed by atoms with Gasteiger partial charge >= 0.3 is 0 Å². The molecule has 0 spiro atoms. The summed E-state index contributed by atoms with van der Waals surface area (Å²) >= 11 is 12.8. The summed E-state index contributed by atoms with van der Waals surface area (Å²) in [5, 5.41) is 3.19. The fourth-order valence-electron chi connectivity index (χ4n) is 2.55. The summed E-state index contributed by atoms with van der Waals surface area (Å²) in [5.41, 5.74) is 5.05. The first-order valence-electron chi connectivity index (χ1n) is 6.84. The van der Waals surface area contributed by atoms with Gasteiger partial charge in [-0.2, -0.15) is 0 Å². The highest BCUT2D eigenvalue weighted by Crippen LogP contribution is 2.36. The molecule has 0 aromatic heterocycles. The van der Waals surface area contributed by atoms with Crippen LogP contribution in [-0.2, 0) is 17.6 Å². The van der Waals surface area contributed by atoms with Crippen LogP contribution in [0.1, 0.15) is 27.6 Å². The summed E-state index contributed by atoms with van der Waals surface area (Å²) < 4.78 is 0. The zero-order valence-corrected chi connectivity index (χ0v) is 13.1. The van der Waals surface area contributed by atoms with Crippen LogP contribution in [0.5, 0.6) is 0 Å². The Bertz CT molecular complexity index is 695. The Labute approximate surface area is 134 Å². The molecular formula is C17H15Cl2NO. The van der Waals surface area contributed by atoms with Crippen LogP contribution in [0.15, 0.2) is 36.4 Å². The third kappa shape index (κ3) is 3.07. The molecule has 2 aromatic rings. The van der Waals surface area contributed by atoms with Crippen LogP contribution >= 0.6 is 23.2 Å². The molecular weight excluding hydrogens is 305 g/mol. The molecule has 1 heterocycles. The molecule has 0 aliphatic carbocycles. The Balaban J connectivity index is 1.85. The molecule has 0 fully saturated rings. The number of nitrogens with one attached hydrogen (secondary N) is 1. The Hall–Kier alpha value is -1.51. The van der Waals surface area contributed by atoms with Crippen molar-refractivity contribution in [2.45, 2.75) is 25.1 Å². The third-order valence-corrected chi connectivity index (χ3v) is 4.44. The predicted molar refractivity (Wildman–Crippen MR) is 87.3 cm³/mol. The summed E-state index contributed by atoms with van der Waals surface area (Å²) in [6, 6.07) is 12.1. The smallest absolute Gasteiger partial charge is 0.228 e. The van der Waals surface area contributed by atoms with E-state index in [1.165, 1.54) is 11.1 Å². The summed E-state index contributed by atoms with van der Waals surface area (Å²) in [7, 11) is 0. The van der Waals surface area contributed by atoms with E-state index in [-0.39, 0.29) is 11.3 Å². The van der Waals surface area contributed by atoms with Crippen LogP contribution in [0.4, 0.5) is 5.69 Å². The number of halogens is 2. The molecule has 1 aliphatic rings. The van der Waals surface area contributed by atoms with Gasteiger partial charge in [-0.3, -0.25) is 4.79 Å². The van der Waals surface area contributed by atoms with Gasteiger partial charge in [0.15, 0.2) is 0 Å². The number of alkyl halides is 1. The number of anilines is 1. The molecule has 1 N–H and O–H groups in total. The van der Waals surface area contributed by atoms with Crippen LogP contribution in [0.25, 0.3) is 0 Å². The number of hydrogen-bond acceptors (Lipinski definition) is 1. The van der Waals surface area contributed by atoms with E-state index in [9.17, 15) is 4.79 Å². The highest BCUT2D eigenvalue weighted by atomic mass is 35.5. The first-order chi connectivity index (χ1) is 10.0.